The van der Waals surface area contributed by atoms with Crippen molar-refractivity contribution in [3.63, 3.8) is 0 Å². The van der Waals surface area contributed by atoms with E-state index in [0.29, 0.717) is 0 Å². The molecule has 1 heterocycles. The summed E-state index contributed by atoms with van der Waals surface area (Å²) in [5.41, 5.74) is 0. The van der Waals surface area contributed by atoms with Crippen LogP contribution in [-0.2, 0) is 13.0 Å². The van der Waals surface area contributed by atoms with Gasteiger partial charge in [0.2, 0.25) is 0 Å². The van der Waals surface area contributed by atoms with Crippen LogP contribution in [0.4, 0.5) is 0 Å². The van der Waals surface area contributed by atoms with E-state index in [1.165, 1.54) is 30.6 Å². The molecule has 1 aliphatic rings. The lowest BCUT2D eigenvalue weighted by Gasteiger charge is -2.24. The van der Waals surface area contributed by atoms with E-state index in [1.807, 2.05) is 13.2 Å². The molecule has 5 nitrogen and oxygen atoms in total. The molecule has 0 spiro atoms. The third-order valence-corrected chi connectivity index (χ3v) is 5.43. The molecule has 2 rings (SSSR count). The number of nitrogens with zero attached hydrogens (tertiary/aromatic N) is 3. The lowest BCUT2D eigenvalue weighted by Crippen LogP contribution is -2.42. The van der Waals surface area contributed by atoms with Crippen LogP contribution in [0.3, 0.4) is 0 Å². The van der Waals surface area contributed by atoms with Crippen LogP contribution in [0, 0.1) is 0 Å². The predicted octanol–water partition coefficient (Wildman–Crippen LogP) is 2.24. The SMILES string of the molecule is CCc1cnc(CNC(=NC)NCCN(C)C2CCCC2)s1. The maximum absolute atomic E-state index is 4.42. The van der Waals surface area contributed by atoms with Gasteiger partial charge in [-0.2, -0.15) is 0 Å². The fourth-order valence-electron chi connectivity index (χ4n) is 2.85. The number of aromatic nitrogens is 1. The molecule has 0 saturated heterocycles. The maximum Gasteiger partial charge on any atom is 0.191 e. The van der Waals surface area contributed by atoms with Crippen LogP contribution in [0.1, 0.15) is 42.5 Å². The number of rotatable bonds is 7. The third kappa shape index (κ3) is 5.25. The lowest BCUT2D eigenvalue weighted by atomic mass is 10.2. The molecule has 1 aliphatic carbocycles. The van der Waals surface area contributed by atoms with Crippen LogP contribution in [0.15, 0.2) is 11.2 Å². The van der Waals surface area contributed by atoms with Crippen LogP contribution in [0.2, 0.25) is 0 Å². The van der Waals surface area contributed by atoms with E-state index < -0.39 is 0 Å². The molecule has 1 fully saturated rings. The van der Waals surface area contributed by atoms with Crippen LogP contribution in [0.5, 0.6) is 0 Å². The van der Waals surface area contributed by atoms with Crippen LogP contribution >= 0.6 is 11.3 Å². The number of hydrogen-bond donors (Lipinski definition) is 2. The van der Waals surface area contributed by atoms with Crippen LogP contribution < -0.4 is 10.6 Å². The summed E-state index contributed by atoms with van der Waals surface area (Å²) in [4.78, 5) is 12.5. The molecule has 1 saturated carbocycles. The Bertz CT molecular complexity index is 465. The van der Waals surface area contributed by atoms with Gasteiger partial charge in [-0.25, -0.2) is 4.98 Å². The minimum absolute atomic E-state index is 0.739. The second-order valence-electron chi connectivity index (χ2n) is 5.85. The van der Waals surface area contributed by atoms with Gasteiger partial charge in [-0.1, -0.05) is 19.8 Å². The Hall–Kier alpha value is -1.14. The van der Waals surface area contributed by atoms with Crippen molar-refractivity contribution in [3.8, 4) is 0 Å². The summed E-state index contributed by atoms with van der Waals surface area (Å²) in [5, 5.41) is 7.84. The van der Waals surface area contributed by atoms with Gasteiger partial charge in [-0.05, 0) is 26.3 Å². The molecule has 6 heteroatoms. The Labute approximate surface area is 138 Å². The molecule has 1 aromatic heterocycles. The molecular formula is C16H29N5S. The van der Waals surface area contributed by atoms with Crippen molar-refractivity contribution in [1.82, 2.24) is 20.5 Å². The summed E-state index contributed by atoms with van der Waals surface area (Å²) in [6, 6.07) is 0.777. The summed E-state index contributed by atoms with van der Waals surface area (Å²) in [6.45, 7) is 4.88. The molecule has 0 atom stereocenters. The van der Waals surface area contributed by atoms with Crippen molar-refractivity contribution in [1.29, 1.82) is 0 Å². The van der Waals surface area contributed by atoms with Gasteiger partial charge in [0.1, 0.15) is 5.01 Å². The summed E-state index contributed by atoms with van der Waals surface area (Å²) in [6.07, 6.45) is 8.51. The van der Waals surface area contributed by atoms with Gasteiger partial charge in [-0.15, -0.1) is 11.3 Å². The Morgan fingerprint density at radius 2 is 2.18 bits per heavy atom. The van der Waals surface area contributed by atoms with E-state index in [4.69, 9.17) is 0 Å². The Kier molecular flexibility index (Phi) is 7.12. The predicted molar refractivity (Wildman–Crippen MR) is 94.6 cm³/mol. The molecule has 0 radical (unpaired) electrons. The molecule has 1 aromatic rings. The summed E-state index contributed by atoms with van der Waals surface area (Å²) in [7, 11) is 4.05. The topological polar surface area (TPSA) is 52.6 Å². The van der Waals surface area contributed by atoms with Gasteiger partial charge in [0.25, 0.3) is 0 Å². The zero-order chi connectivity index (χ0) is 15.8. The number of hydrogen-bond acceptors (Lipinski definition) is 4. The lowest BCUT2D eigenvalue weighted by molar-refractivity contribution is 0.249. The van der Waals surface area contributed by atoms with Crippen molar-refractivity contribution in [3.05, 3.63) is 16.1 Å². The van der Waals surface area contributed by atoms with E-state index in [1.54, 1.807) is 11.3 Å². The van der Waals surface area contributed by atoms with Crippen molar-refractivity contribution >= 4 is 17.3 Å². The average Bonchev–Trinajstić information content (AvgIpc) is 3.21. The number of guanidine groups is 1. The highest BCUT2D eigenvalue weighted by Gasteiger charge is 2.18. The minimum Gasteiger partial charge on any atom is -0.355 e. The smallest absolute Gasteiger partial charge is 0.191 e. The fourth-order valence-corrected chi connectivity index (χ4v) is 3.65. The largest absolute Gasteiger partial charge is 0.355 e. The molecule has 0 aliphatic heterocycles. The molecule has 0 unspecified atom stereocenters. The number of aliphatic imine (C=N–C) groups is 1. The van der Waals surface area contributed by atoms with E-state index in [9.17, 15) is 0 Å². The van der Waals surface area contributed by atoms with E-state index in [-0.39, 0.29) is 0 Å². The van der Waals surface area contributed by atoms with Gasteiger partial charge < -0.3 is 15.5 Å². The molecule has 0 bridgehead atoms. The zero-order valence-corrected chi connectivity index (χ0v) is 14.9. The third-order valence-electron chi connectivity index (χ3n) is 4.29. The van der Waals surface area contributed by atoms with Crippen molar-refractivity contribution in [2.75, 3.05) is 27.2 Å². The second-order valence-corrected chi connectivity index (χ2v) is 7.05. The number of thiazole rings is 1. The van der Waals surface area contributed by atoms with Crippen LogP contribution in [0.25, 0.3) is 0 Å². The zero-order valence-electron chi connectivity index (χ0n) is 14.1. The highest BCUT2D eigenvalue weighted by molar-refractivity contribution is 7.11. The van der Waals surface area contributed by atoms with Gasteiger partial charge in [0.05, 0.1) is 6.54 Å². The van der Waals surface area contributed by atoms with Gasteiger partial charge in [-0.3, -0.25) is 4.99 Å². The van der Waals surface area contributed by atoms with Gasteiger partial charge in [0.15, 0.2) is 5.96 Å². The van der Waals surface area contributed by atoms with Gasteiger partial charge in [0, 0.05) is 37.3 Å². The van der Waals surface area contributed by atoms with E-state index in [2.05, 4.69) is 39.5 Å². The Balaban J connectivity index is 1.66. The van der Waals surface area contributed by atoms with E-state index >= 15 is 0 Å². The first-order valence-electron chi connectivity index (χ1n) is 8.31. The Morgan fingerprint density at radius 1 is 1.41 bits per heavy atom. The first-order valence-corrected chi connectivity index (χ1v) is 9.13. The number of likely N-dealkylation sites (N-methyl/N-ethyl adjacent to an activating group) is 1. The number of aryl methyl sites for hydroxylation is 1. The fraction of sp³-hybridized carbons (Fsp3) is 0.750. The summed E-state index contributed by atoms with van der Waals surface area (Å²) >= 11 is 1.77. The minimum atomic E-state index is 0.739. The highest BCUT2D eigenvalue weighted by atomic mass is 32.1. The van der Waals surface area contributed by atoms with Crippen molar-refractivity contribution in [2.45, 2.75) is 51.6 Å². The standard InChI is InChI=1S/C16H29N5S/c1-4-14-11-19-15(22-14)12-20-16(17-2)18-9-10-21(3)13-7-5-6-8-13/h11,13H,4-10,12H2,1-3H3,(H2,17,18,20). The monoisotopic (exact) mass is 323 g/mol. The molecule has 124 valence electrons. The van der Waals surface area contributed by atoms with Crippen molar-refractivity contribution < 1.29 is 0 Å². The molecule has 2 N–H and O–H groups in total. The summed E-state index contributed by atoms with van der Waals surface area (Å²) < 4.78 is 0. The average molecular weight is 324 g/mol. The first-order chi connectivity index (χ1) is 10.7. The quantitative estimate of drug-likeness (QED) is 0.597. The number of nitrogens with one attached hydrogen (secondary N) is 2. The maximum atomic E-state index is 4.42. The Morgan fingerprint density at radius 3 is 2.82 bits per heavy atom. The van der Waals surface area contributed by atoms with Gasteiger partial charge >= 0.3 is 0 Å². The molecule has 0 amide bonds. The van der Waals surface area contributed by atoms with E-state index in [0.717, 1.165) is 43.1 Å². The molecule has 0 aromatic carbocycles. The highest BCUT2D eigenvalue weighted by Crippen LogP contribution is 2.21. The van der Waals surface area contributed by atoms with Crippen molar-refractivity contribution in [2.24, 2.45) is 4.99 Å². The molecule has 22 heavy (non-hydrogen) atoms. The second kappa shape index (κ2) is 9.10. The normalized spacial score (nSPS) is 16.5. The summed E-state index contributed by atoms with van der Waals surface area (Å²) in [5.74, 6) is 0.855. The van der Waals surface area contributed by atoms with Crippen LogP contribution in [-0.4, -0.2) is 49.1 Å². The molecular weight excluding hydrogens is 294 g/mol. The first kappa shape index (κ1) is 17.2.